The summed E-state index contributed by atoms with van der Waals surface area (Å²) in [5, 5.41) is 10.9. The first-order chi connectivity index (χ1) is 12.9. The van der Waals surface area contributed by atoms with Crippen LogP contribution in [0.4, 0.5) is 10.5 Å². The fraction of sp³-hybridized carbons (Fsp3) is 0.476. The van der Waals surface area contributed by atoms with Crippen molar-refractivity contribution in [2.75, 3.05) is 12.4 Å². The summed E-state index contributed by atoms with van der Waals surface area (Å²) in [4.78, 5) is 14.5. The fourth-order valence-corrected chi connectivity index (χ4v) is 3.94. The van der Waals surface area contributed by atoms with E-state index in [0.717, 1.165) is 11.4 Å². The van der Waals surface area contributed by atoms with E-state index >= 15 is 0 Å². The lowest BCUT2D eigenvalue weighted by Crippen LogP contribution is -2.48. The number of aromatic nitrogens is 2. The topological polar surface area (TPSA) is 67.3 Å². The van der Waals surface area contributed by atoms with Gasteiger partial charge in [-0.05, 0) is 61.9 Å². The van der Waals surface area contributed by atoms with Gasteiger partial charge < -0.3 is 15.0 Å². The largest absolute Gasteiger partial charge is 0.438 e. The monoisotopic (exact) mass is 368 g/mol. The van der Waals surface area contributed by atoms with E-state index < -0.39 is 0 Å². The number of hydrogen-bond donors (Lipinski definition) is 1. The third kappa shape index (κ3) is 4.76. The van der Waals surface area contributed by atoms with Gasteiger partial charge in [0, 0.05) is 24.8 Å². The van der Waals surface area contributed by atoms with Gasteiger partial charge in [0.1, 0.15) is 5.75 Å². The Kier molecular flexibility index (Phi) is 5.94. The number of carbonyl (C=O) groups excluding carboxylic acids is 1. The number of carbonyl (C=O) groups is 1. The Morgan fingerprint density at radius 1 is 1.07 bits per heavy atom. The molecule has 144 valence electrons. The highest BCUT2D eigenvalue weighted by Gasteiger charge is 2.33. The van der Waals surface area contributed by atoms with Gasteiger partial charge in [-0.2, -0.15) is 5.10 Å². The number of hydrogen-bond acceptors (Lipinski definition) is 4. The molecule has 2 amide bonds. The molecule has 0 aliphatic heterocycles. The molecule has 1 aliphatic rings. The number of rotatable bonds is 4. The van der Waals surface area contributed by atoms with Crippen LogP contribution in [0.5, 0.6) is 11.6 Å². The van der Waals surface area contributed by atoms with Crippen molar-refractivity contribution in [1.29, 1.82) is 0 Å². The maximum atomic E-state index is 12.7. The van der Waals surface area contributed by atoms with Crippen LogP contribution < -0.4 is 10.1 Å². The van der Waals surface area contributed by atoms with Crippen molar-refractivity contribution >= 4 is 11.7 Å². The van der Waals surface area contributed by atoms with Gasteiger partial charge in [0.15, 0.2) is 0 Å². The summed E-state index contributed by atoms with van der Waals surface area (Å²) in [7, 11) is 1.89. The van der Waals surface area contributed by atoms with E-state index in [1.165, 1.54) is 19.3 Å². The average molecular weight is 368 g/mol. The van der Waals surface area contributed by atoms with Crippen LogP contribution >= 0.6 is 0 Å². The van der Waals surface area contributed by atoms with Crippen LogP contribution in [0.3, 0.4) is 0 Å². The van der Waals surface area contributed by atoms with E-state index in [0.29, 0.717) is 23.5 Å². The van der Waals surface area contributed by atoms with E-state index in [1.54, 1.807) is 6.07 Å². The lowest BCUT2D eigenvalue weighted by molar-refractivity contribution is 0.115. The molecule has 1 fully saturated rings. The van der Waals surface area contributed by atoms with Crippen LogP contribution in [0.15, 0.2) is 36.4 Å². The Morgan fingerprint density at radius 3 is 2.33 bits per heavy atom. The predicted molar refractivity (Wildman–Crippen MR) is 106 cm³/mol. The second-order valence-electron chi connectivity index (χ2n) is 7.56. The standard InChI is InChI=1S/C21H28N4O2/c1-14-6-5-7-15(2)20(14)25(4)21(26)22-17-9-11-18(12-10-17)27-19-13-8-16(3)23-24-19/h8-15,20H,5-7H2,1-4H3,(H,22,26)/t14-,15-/m0/s1. The van der Waals surface area contributed by atoms with Gasteiger partial charge in [0.25, 0.3) is 0 Å². The second kappa shape index (κ2) is 8.37. The van der Waals surface area contributed by atoms with Gasteiger partial charge in [-0.15, -0.1) is 5.10 Å². The molecule has 0 bridgehead atoms. The number of nitrogens with zero attached hydrogens (tertiary/aromatic N) is 3. The van der Waals surface area contributed by atoms with Crippen LogP contribution in [-0.4, -0.2) is 34.2 Å². The summed E-state index contributed by atoms with van der Waals surface area (Å²) in [5.74, 6) is 2.14. The van der Waals surface area contributed by atoms with Crippen LogP contribution in [0, 0.1) is 18.8 Å². The van der Waals surface area contributed by atoms with E-state index in [4.69, 9.17) is 4.74 Å². The zero-order valence-electron chi connectivity index (χ0n) is 16.5. The molecule has 0 unspecified atom stereocenters. The minimum absolute atomic E-state index is 0.0707. The molecule has 1 heterocycles. The third-order valence-electron chi connectivity index (χ3n) is 5.35. The molecular formula is C21H28N4O2. The van der Waals surface area contributed by atoms with Gasteiger partial charge in [0.2, 0.25) is 5.88 Å². The second-order valence-corrected chi connectivity index (χ2v) is 7.56. The summed E-state index contributed by atoms with van der Waals surface area (Å²) >= 11 is 0. The summed E-state index contributed by atoms with van der Waals surface area (Å²) in [5.41, 5.74) is 1.58. The molecule has 6 heteroatoms. The molecule has 27 heavy (non-hydrogen) atoms. The molecule has 2 atom stereocenters. The Bertz CT molecular complexity index is 751. The first-order valence-electron chi connectivity index (χ1n) is 9.56. The van der Waals surface area contributed by atoms with Crippen molar-refractivity contribution in [2.24, 2.45) is 11.8 Å². The summed E-state index contributed by atoms with van der Waals surface area (Å²) < 4.78 is 5.67. The van der Waals surface area contributed by atoms with Gasteiger partial charge in [-0.3, -0.25) is 0 Å². The van der Waals surface area contributed by atoms with Crippen molar-refractivity contribution in [2.45, 2.75) is 46.1 Å². The number of benzene rings is 1. The van der Waals surface area contributed by atoms with Gasteiger partial charge in [-0.25, -0.2) is 4.79 Å². The van der Waals surface area contributed by atoms with Crippen LogP contribution in [0.2, 0.25) is 0 Å². The molecule has 1 aliphatic carbocycles. The van der Waals surface area contributed by atoms with Gasteiger partial charge in [-0.1, -0.05) is 20.3 Å². The normalized spacial score (nSPS) is 20.1. The summed E-state index contributed by atoms with van der Waals surface area (Å²) in [6.45, 7) is 6.36. The maximum Gasteiger partial charge on any atom is 0.321 e. The number of nitrogens with one attached hydrogen (secondary N) is 1. The van der Waals surface area contributed by atoms with E-state index in [1.807, 2.05) is 49.2 Å². The first-order valence-corrected chi connectivity index (χ1v) is 9.56. The first kappa shape index (κ1) is 19.1. The molecule has 0 spiro atoms. The molecule has 1 N–H and O–H groups in total. The Labute approximate surface area is 160 Å². The minimum Gasteiger partial charge on any atom is -0.438 e. The number of amides is 2. The van der Waals surface area contributed by atoms with Gasteiger partial charge in [0.05, 0.1) is 5.69 Å². The van der Waals surface area contributed by atoms with E-state index in [-0.39, 0.29) is 12.1 Å². The Morgan fingerprint density at radius 2 is 1.74 bits per heavy atom. The molecule has 3 rings (SSSR count). The Hall–Kier alpha value is -2.63. The number of aryl methyl sites for hydroxylation is 1. The summed E-state index contributed by atoms with van der Waals surface area (Å²) in [6.07, 6.45) is 3.61. The molecular weight excluding hydrogens is 340 g/mol. The third-order valence-corrected chi connectivity index (χ3v) is 5.35. The summed E-state index contributed by atoms with van der Waals surface area (Å²) in [6, 6.07) is 11.1. The van der Waals surface area contributed by atoms with E-state index in [9.17, 15) is 4.79 Å². The lowest BCUT2D eigenvalue weighted by Gasteiger charge is -2.40. The molecule has 6 nitrogen and oxygen atoms in total. The van der Waals surface area contributed by atoms with Crippen molar-refractivity contribution in [1.82, 2.24) is 15.1 Å². The van der Waals surface area contributed by atoms with Gasteiger partial charge >= 0.3 is 6.03 Å². The van der Waals surface area contributed by atoms with Crippen LogP contribution in [-0.2, 0) is 0 Å². The molecule has 1 aromatic heterocycles. The van der Waals surface area contributed by atoms with Crippen molar-refractivity contribution < 1.29 is 9.53 Å². The number of ether oxygens (including phenoxy) is 1. The average Bonchev–Trinajstić information content (AvgIpc) is 2.65. The fourth-order valence-electron chi connectivity index (χ4n) is 3.94. The smallest absolute Gasteiger partial charge is 0.321 e. The molecule has 1 aromatic carbocycles. The minimum atomic E-state index is -0.0707. The van der Waals surface area contributed by atoms with Crippen molar-refractivity contribution in [3.63, 3.8) is 0 Å². The van der Waals surface area contributed by atoms with Crippen LogP contribution in [0.1, 0.15) is 38.8 Å². The molecule has 0 saturated heterocycles. The number of urea groups is 1. The molecule has 2 aromatic rings. The molecule has 0 radical (unpaired) electrons. The van der Waals surface area contributed by atoms with Crippen molar-refractivity contribution in [3.05, 3.63) is 42.1 Å². The van der Waals surface area contributed by atoms with Crippen LogP contribution in [0.25, 0.3) is 0 Å². The van der Waals surface area contributed by atoms with Crippen molar-refractivity contribution in [3.8, 4) is 11.6 Å². The molecule has 1 saturated carbocycles. The number of anilines is 1. The zero-order valence-corrected chi connectivity index (χ0v) is 16.5. The highest BCUT2D eigenvalue weighted by molar-refractivity contribution is 5.89. The lowest BCUT2D eigenvalue weighted by atomic mass is 9.78. The van der Waals surface area contributed by atoms with E-state index in [2.05, 4.69) is 29.4 Å². The Balaban J connectivity index is 1.60. The predicted octanol–water partition coefficient (Wildman–Crippen LogP) is 4.87. The maximum absolute atomic E-state index is 12.7. The highest BCUT2D eigenvalue weighted by atomic mass is 16.5. The highest BCUT2D eigenvalue weighted by Crippen LogP contribution is 2.32. The zero-order chi connectivity index (χ0) is 19.4. The SMILES string of the molecule is Cc1ccc(Oc2ccc(NC(=O)N(C)C3[C@@H](C)CCC[C@@H]3C)cc2)nn1. The quantitative estimate of drug-likeness (QED) is 0.836.